The van der Waals surface area contributed by atoms with E-state index in [1.807, 2.05) is 23.1 Å². The zero-order valence-corrected chi connectivity index (χ0v) is 9.39. The van der Waals surface area contributed by atoms with Crippen LogP contribution in [0.4, 0.5) is 0 Å². The molecule has 0 atom stereocenters. The van der Waals surface area contributed by atoms with Crippen molar-refractivity contribution in [3.63, 3.8) is 0 Å². The molecule has 1 fully saturated rings. The topological polar surface area (TPSA) is 33.1 Å². The van der Waals surface area contributed by atoms with Crippen molar-refractivity contribution in [1.29, 1.82) is 0 Å². The molecule has 1 N–H and O–H groups in total. The number of aromatic nitrogens is 2. The molecule has 1 saturated heterocycles. The van der Waals surface area contributed by atoms with Crippen LogP contribution in [0.1, 0.15) is 12.8 Å². The fourth-order valence-corrected chi connectivity index (χ4v) is 2.12. The SMILES string of the molecule is CN(CCn1cccn1)C1CCNCC1. The third kappa shape index (κ3) is 3.04. The van der Waals surface area contributed by atoms with Crippen LogP contribution >= 0.6 is 0 Å². The van der Waals surface area contributed by atoms with Gasteiger partial charge in [0.05, 0.1) is 6.54 Å². The zero-order chi connectivity index (χ0) is 10.5. The maximum atomic E-state index is 4.21. The van der Waals surface area contributed by atoms with Gasteiger partial charge in [-0.1, -0.05) is 0 Å². The summed E-state index contributed by atoms with van der Waals surface area (Å²) >= 11 is 0. The largest absolute Gasteiger partial charge is 0.317 e. The average molecular weight is 208 g/mol. The molecule has 15 heavy (non-hydrogen) atoms. The quantitative estimate of drug-likeness (QED) is 0.785. The molecule has 1 aliphatic heterocycles. The molecule has 0 unspecified atom stereocenters. The van der Waals surface area contributed by atoms with Gasteiger partial charge in [-0.2, -0.15) is 5.10 Å². The minimum atomic E-state index is 0.752. The summed E-state index contributed by atoms with van der Waals surface area (Å²) in [5.41, 5.74) is 0. The Morgan fingerprint density at radius 2 is 2.27 bits per heavy atom. The highest BCUT2D eigenvalue weighted by Crippen LogP contribution is 2.09. The normalized spacial score (nSPS) is 18.5. The minimum Gasteiger partial charge on any atom is -0.317 e. The van der Waals surface area contributed by atoms with Crippen molar-refractivity contribution in [2.24, 2.45) is 0 Å². The fourth-order valence-electron chi connectivity index (χ4n) is 2.12. The first-order chi connectivity index (χ1) is 7.36. The summed E-state index contributed by atoms with van der Waals surface area (Å²) in [6.45, 7) is 4.41. The van der Waals surface area contributed by atoms with Gasteiger partial charge in [0.2, 0.25) is 0 Å². The molecule has 0 bridgehead atoms. The summed E-state index contributed by atoms with van der Waals surface area (Å²) in [4.78, 5) is 2.46. The van der Waals surface area contributed by atoms with E-state index in [1.165, 1.54) is 12.8 Å². The number of rotatable bonds is 4. The molecular weight excluding hydrogens is 188 g/mol. The number of piperidine rings is 1. The van der Waals surface area contributed by atoms with Gasteiger partial charge in [-0.05, 0) is 39.0 Å². The summed E-state index contributed by atoms with van der Waals surface area (Å²) in [5.74, 6) is 0. The summed E-state index contributed by atoms with van der Waals surface area (Å²) in [7, 11) is 2.22. The molecule has 4 nitrogen and oxygen atoms in total. The van der Waals surface area contributed by atoms with E-state index in [1.54, 1.807) is 0 Å². The van der Waals surface area contributed by atoms with Crippen LogP contribution < -0.4 is 5.32 Å². The first kappa shape index (κ1) is 10.6. The molecule has 0 aliphatic carbocycles. The molecule has 0 saturated carbocycles. The van der Waals surface area contributed by atoms with E-state index in [-0.39, 0.29) is 0 Å². The summed E-state index contributed by atoms with van der Waals surface area (Å²) in [6.07, 6.45) is 6.41. The van der Waals surface area contributed by atoms with Gasteiger partial charge < -0.3 is 10.2 Å². The molecule has 2 heterocycles. The van der Waals surface area contributed by atoms with Gasteiger partial charge >= 0.3 is 0 Å². The van der Waals surface area contributed by atoms with Crippen molar-refractivity contribution in [1.82, 2.24) is 20.0 Å². The van der Waals surface area contributed by atoms with Crippen molar-refractivity contribution in [2.75, 3.05) is 26.7 Å². The zero-order valence-electron chi connectivity index (χ0n) is 9.39. The Balaban J connectivity index is 1.74. The van der Waals surface area contributed by atoms with E-state index >= 15 is 0 Å². The van der Waals surface area contributed by atoms with Gasteiger partial charge in [0.1, 0.15) is 0 Å². The molecule has 1 aromatic rings. The average Bonchev–Trinajstić information content (AvgIpc) is 2.80. The van der Waals surface area contributed by atoms with Crippen LogP contribution in [0.5, 0.6) is 0 Å². The lowest BCUT2D eigenvalue weighted by atomic mass is 10.1. The predicted octanol–water partition coefficient (Wildman–Crippen LogP) is 0.567. The van der Waals surface area contributed by atoms with Gasteiger partial charge in [-0.15, -0.1) is 0 Å². The van der Waals surface area contributed by atoms with Gasteiger partial charge in [-0.25, -0.2) is 0 Å². The van der Waals surface area contributed by atoms with Crippen molar-refractivity contribution >= 4 is 0 Å². The highest BCUT2D eigenvalue weighted by Gasteiger charge is 2.16. The summed E-state index contributed by atoms with van der Waals surface area (Å²) in [6, 6.07) is 2.73. The Morgan fingerprint density at radius 3 is 2.93 bits per heavy atom. The smallest absolute Gasteiger partial charge is 0.0536 e. The van der Waals surface area contributed by atoms with Crippen LogP contribution in [0.25, 0.3) is 0 Å². The molecule has 0 aromatic carbocycles. The molecular formula is C11H20N4. The molecule has 0 amide bonds. The second kappa shape index (κ2) is 5.28. The number of hydrogen-bond donors (Lipinski definition) is 1. The second-order valence-electron chi connectivity index (χ2n) is 4.23. The highest BCUT2D eigenvalue weighted by molar-refractivity contribution is 4.79. The minimum absolute atomic E-state index is 0.752. The number of nitrogens with one attached hydrogen (secondary N) is 1. The summed E-state index contributed by atoms with van der Waals surface area (Å²) < 4.78 is 2.00. The Hall–Kier alpha value is -0.870. The standard InChI is InChI=1S/C11H20N4/c1-14(11-3-6-12-7-4-11)9-10-15-8-2-5-13-15/h2,5,8,11-12H,3-4,6-7,9-10H2,1H3. The van der Waals surface area contributed by atoms with E-state index in [2.05, 4.69) is 22.4 Å². The second-order valence-corrected chi connectivity index (χ2v) is 4.23. The van der Waals surface area contributed by atoms with Crippen LogP contribution in [0.2, 0.25) is 0 Å². The molecule has 4 heteroatoms. The van der Waals surface area contributed by atoms with Crippen molar-refractivity contribution < 1.29 is 0 Å². The van der Waals surface area contributed by atoms with E-state index in [9.17, 15) is 0 Å². The molecule has 1 aliphatic rings. The Morgan fingerprint density at radius 1 is 1.47 bits per heavy atom. The van der Waals surface area contributed by atoms with Crippen LogP contribution in [0.15, 0.2) is 18.5 Å². The number of nitrogens with zero attached hydrogens (tertiary/aromatic N) is 3. The maximum Gasteiger partial charge on any atom is 0.0536 e. The lowest BCUT2D eigenvalue weighted by Gasteiger charge is -2.31. The Bertz CT molecular complexity index is 264. The van der Waals surface area contributed by atoms with Gasteiger partial charge in [0, 0.05) is 25.0 Å². The fraction of sp³-hybridized carbons (Fsp3) is 0.727. The Kier molecular flexibility index (Phi) is 3.75. The molecule has 2 rings (SSSR count). The van der Waals surface area contributed by atoms with Crippen LogP contribution in [0, 0.1) is 0 Å². The van der Waals surface area contributed by atoms with Crippen molar-refractivity contribution in [3.05, 3.63) is 18.5 Å². The molecule has 1 aromatic heterocycles. The number of hydrogen-bond acceptors (Lipinski definition) is 3. The van der Waals surface area contributed by atoms with Gasteiger partial charge in [0.25, 0.3) is 0 Å². The molecule has 0 spiro atoms. The first-order valence-corrected chi connectivity index (χ1v) is 5.74. The highest BCUT2D eigenvalue weighted by atomic mass is 15.3. The maximum absolute atomic E-state index is 4.21. The molecule has 0 radical (unpaired) electrons. The monoisotopic (exact) mass is 208 g/mol. The van der Waals surface area contributed by atoms with E-state index in [4.69, 9.17) is 0 Å². The third-order valence-corrected chi connectivity index (χ3v) is 3.17. The van der Waals surface area contributed by atoms with Crippen LogP contribution in [-0.4, -0.2) is 47.4 Å². The molecule has 84 valence electrons. The van der Waals surface area contributed by atoms with E-state index < -0.39 is 0 Å². The van der Waals surface area contributed by atoms with Crippen LogP contribution in [-0.2, 0) is 6.54 Å². The van der Waals surface area contributed by atoms with Crippen molar-refractivity contribution in [3.8, 4) is 0 Å². The predicted molar refractivity (Wildman–Crippen MR) is 60.7 cm³/mol. The first-order valence-electron chi connectivity index (χ1n) is 5.74. The lowest BCUT2D eigenvalue weighted by Crippen LogP contribution is -2.42. The van der Waals surface area contributed by atoms with Gasteiger partial charge in [-0.3, -0.25) is 4.68 Å². The van der Waals surface area contributed by atoms with Gasteiger partial charge in [0.15, 0.2) is 0 Å². The Labute approximate surface area is 91.3 Å². The van der Waals surface area contributed by atoms with E-state index in [0.717, 1.165) is 32.2 Å². The van der Waals surface area contributed by atoms with Crippen molar-refractivity contribution in [2.45, 2.75) is 25.4 Å². The van der Waals surface area contributed by atoms with E-state index in [0.29, 0.717) is 0 Å². The lowest BCUT2D eigenvalue weighted by molar-refractivity contribution is 0.190. The summed E-state index contributed by atoms with van der Waals surface area (Å²) in [5, 5.41) is 7.61. The third-order valence-electron chi connectivity index (χ3n) is 3.17. The van der Waals surface area contributed by atoms with Crippen LogP contribution in [0.3, 0.4) is 0 Å². The number of likely N-dealkylation sites (N-methyl/N-ethyl adjacent to an activating group) is 1.